The Hall–Kier alpha value is -5.69. The van der Waals surface area contributed by atoms with Gasteiger partial charge in [0.05, 0.1) is 37.9 Å². The van der Waals surface area contributed by atoms with Crippen LogP contribution in [-0.4, -0.2) is 69.7 Å². The number of imide groups is 1. The molecule has 2 fully saturated rings. The van der Waals surface area contributed by atoms with E-state index in [0.717, 1.165) is 44.5 Å². The van der Waals surface area contributed by atoms with Crippen LogP contribution >= 0.6 is 0 Å². The summed E-state index contributed by atoms with van der Waals surface area (Å²) in [7, 11) is 1.99. The van der Waals surface area contributed by atoms with Crippen LogP contribution in [0.5, 0.6) is 0 Å². The van der Waals surface area contributed by atoms with Gasteiger partial charge in [0.2, 0.25) is 5.91 Å². The summed E-state index contributed by atoms with van der Waals surface area (Å²) in [4.78, 5) is 42.0. The third kappa shape index (κ3) is 9.87. The van der Waals surface area contributed by atoms with Crippen molar-refractivity contribution in [3.05, 3.63) is 167 Å². The quantitative estimate of drug-likeness (QED) is 0.102. The molecule has 0 aliphatic carbocycles. The zero-order valence-corrected chi connectivity index (χ0v) is 32.6. The summed E-state index contributed by atoms with van der Waals surface area (Å²) < 4.78 is 18.6. The van der Waals surface area contributed by atoms with Crippen molar-refractivity contribution in [2.45, 2.75) is 76.2 Å². The van der Waals surface area contributed by atoms with Gasteiger partial charge in [-0.3, -0.25) is 19.4 Å². The van der Waals surface area contributed by atoms with Gasteiger partial charge in [-0.25, -0.2) is 4.79 Å². The van der Waals surface area contributed by atoms with Gasteiger partial charge in [0, 0.05) is 24.6 Å². The van der Waals surface area contributed by atoms with E-state index in [2.05, 4.69) is 10.2 Å². The third-order valence-corrected chi connectivity index (χ3v) is 10.9. The second-order valence-corrected chi connectivity index (χ2v) is 15.0. The Labute approximate surface area is 338 Å². The predicted octanol–water partition coefficient (Wildman–Crippen LogP) is 7.00. The van der Waals surface area contributed by atoms with Gasteiger partial charge >= 0.3 is 6.09 Å². The van der Waals surface area contributed by atoms with Crippen molar-refractivity contribution < 1.29 is 38.8 Å². The molecule has 0 spiro atoms. The number of aliphatic hydroxyl groups is 2. The third-order valence-electron chi connectivity index (χ3n) is 10.9. The van der Waals surface area contributed by atoms with Crippen molar-refractivity contribution in [3.8, 4) is 11.1 Å². The molecule has 0 saturated carbocycles. The smallest absolute Gasteiger partial charge is 0.408 e. The van der Waals surface area contributed by atoms with Crippen LogP contribution in [0.2, 0.25) is 0 Å². The molecule has 7 rings (SSSR count). The number of likely N-dealkylation sites (tertiary alicyclic amines) is 1. The lowest BCUT2D eigenvalue weighted by Crippen LogP contribution is -2.43. The molecule has 58 heavy (non-hydrogen) atoms. The van der Waals surface area contributed by atoms with Crippen molar-refractivity contribution in [2.75, 3.05) is 13.6 Å². The first kappa shape index (κ1) is 40.5. The highest BCUT2D eigenvalue weighted by Crippen LogP contribution is 2.39. The number of benzene rings is 5. The molecule has 3 N–H and O–H groups in total. The summed E-state index contributed by atoms with van der Waals surface area (Å²) in [6.07, 6.45) is -2.20. The summed E-state index contributed by atoms with van der Waals surface area (Å²) in [5.74, 6) is -0.854. The van der Waals surface area contributed by atoms with E-state index in [1.165, 1.54) is 4.90 Å². The molecule has 2 saturated heterocycles. The molecule has 2 heterocycles. The maximum atomic E-state index is 13.3. The Bertz CT molecular complexity index is 2170. The molecule has 0 bridgehead atoms. The van der Waals surface area contributed by atoms with Crippen LogP contribution in [0, 0.1) is 0 Å². The topological polar surface area (TPSA) is 138 Å². The van der Waals surface area contributed by atoms with Crippen molar-refractivity contribution in [3.63, 3.8) is 0 Å². The Morgan fingerprint density at radius 1 is 0.828 bits per heavy atom. The second kappa shape index (κ2) is 18.7. The number of nitrogens with one attached hydrogen (secondary N) is 1. The Balaban J connectivity index is 1.04. The summed E-state index contributed by atoms with van der Waals surface area (Å²) in [5, 5.41) is 23.4. The Kier molecular flexibility index (Phi) is 13.1. The SMILES string of the molecule is C[C@@H]([C@H](O)c1ccccc1)N(C)C[C@@H]1C[C@H](c2ccc(CO)cc2)O[C@H](c2cccc(-c3cccc(CN4C(=O)CC(NC(=O)OCc5ccccc5)C4=O)c3)c2)O1. The second-order valence-electron chi connectivity index (χ2n) is 15.0. The van der Waals surface area contributed by atoms with Gasteiger partial charge in [0.25, 0.3) is 5.91 Å². The molecule has 11 heteroatoms. The number of alkyl carbamates (subject to hydrolysis) is 1. The standard InChI is InChI=1S/C47H49N3O8/c1-31(44(53)36-14-7-4-8-15-36)49(2)28-40-25-42(35-21-19-32(29-51)20-22-35)58-46(57-40)39-18-10-17-38(24-39)37-16-9-13-34(23-37)27-50-43(52)26-41(45(50)54)48-47(55)56-30-33-11-5-3-6-12-33/h3-24,31,40-42,44,46,51,53H,25-30H2,1-2H3,(H,48,55)/t31-,40-,41?,42+,44-,46+/m0/s1. The van der Waals surface area contributed by atoms with E-state index in [4.69, 9.17) is 14.2 Å². The lowest BCUT2D eigenvalue weighted by atomic mass is 9.97. The van der Waals surface area contributed by atoms with E-state index in [1.807, 2.05) is 147 Å². The fraction of sp³-hybridized carbons (Fsp3) is 0.298. The highest BCUT2D eigenvalue weighted by Gasteiger charge is 2.40. The number of carbonyl (C=O) groups is 3. The molecule has 5 aromatic carbocycles. The van der Waals surface area contributed by atoms with E-state index in [9.17, 15) is 24.6 Å². The number of amides is 3. The fourth-order valence-electron chi connectivity index (χ4n) is 7.46. The molecule has 2 aliphatic heterocycles. The van der Waals surface area contributed by atoms with Crippen LogP contribution in [0.25, 0.3) is 11.1 Å². The zero-order chi connectivity index (χ0) is 40.6. The lowest BCUT2D eigenvalue weighted by Gasteiger charge is -2.39. The highest BCUT2D eigenvalue weighted by molar-refractivity contribution is 6.06. The monoisotopic (exact) mass is 783 g/mol. The molecule has 2 aliphatic rings. The van der Waals surface area contributed by atoms with Gasteiger partial charge in [-0.1, -0.05) is 121 Å². The molecule has 300 valence electrons. The van der Waals surface area contributed by atoms with Crippen molar-refractivity contribution in [1.82, 2.24) is 15.1 Å². The van der Waals surface area contributed by atoms with E-state index in [0.29, 0.717) is 13.0 Å². The minimum Gasteiger partial charge on any atom is -0.445 e. The number of rotatable bonds is 14. The van der Waals surface area contributed by atoms with E-state index >= 15 is 0 Å². The number of aliphatic hydroxyl groups excluding tert-OH is 2. The maximum absolute atomic E-state index is 13.3. The van der Waals surface area contributed by atoms with E-state index in [-0.39, 0.29) is 50.3 Å². The van der Waals surface area contributed by atoms with Gasteiger partial charge in [-0.15, -0.1) is 0 Å². The summed E-state index contributed by atoms with van der Waals surface area (Å²) >= 11 is 0. The molecule has 0 aromatic heterocycles. The van der Waals surface area contributed by atoms with Crippen LogP contribution in [0.15, 0.2) is 133 Å². The highest BCUT2D eigenvalue weighted by atomic mass is 16.7. The molecule has 3 amide bonds. The zero-order valence-electron chi connectivity index (χ0n) is 32.6. The first-order chi connectivity index (χ1) is 28.1. The van der Waals surface area contributed by atoms with Gasteiger partial charge in [-0.05, 0) is 65.0 Å². The first-order valence-electron chi connectivity index (χ1n) is 19.6. The Morgan fingerprint density at radius 2 is 1.50 bits per heavy atom. The van der Waals surface area contributed by atoms with Crippen LogP contribution < -0.4 is 5.32 Å². The number of nitrogens with zero attached hydrogens (tertiary/aromatic N) is 2. The van der Waals surface area contributed by atoms with Gasteiger partial charge in [-0.2, -0.15) is 0 Å². The lowest BCUT2D eigenvalue weighted by molar-refractivity contribution is -0.253. The number of hydrogen-bond donors (Lipinski definition) is 3. The number of ether oxygens (including phenoxy) is 3. The Morgan fingerprint density at radius 3 is 2.22 bits per heavy atom. The first-order valence-corrected chi connectivity index (χ1v) is 19.6. The molecule has 1 unspecified atom stereocenters. The minimum absolute atomic E-state index is 0.0467. The van der Waals surface area contributed by atoms with Crippen molar-refractivity contribution in [2.24, 2.45) is 0 Å². The van der Waals surface area contributed by atoms with Crippen molar-refractivity contribution in [1.29, 1.82) is 0 Å². The fourth-order valence-corrected chi connectivity index (χ4v) is 7.46. The number of likely N-dealkylation sites (N-methyl/N-ethyl adjacent to an activating group) is 1. The summed E-state index contributed by atoms with van der Waals surface area (Å²) in [6.45, 7) is 2.62. The van der Waals surface area contributed by atoms with Crippen LogP contribution in [0.3, 0.4) is 0 Å². The van der Waals surface area contributed by atoms with Crippen LogP contribution in [0.4, 0.5) is 4.79 Å². The molecular weight excluding hydrogens is 735 g/mol. The van der Waals surface area contributed by atoms with Crippen LogP contribution in [-0.2, 0) is 43.6 Å². The number of hydrogen-bond acceptors (Lipinski definition) is 9. The number of carbonyl (C=O) groups excluding carboxylic acids is 3. The molecule has 11 nitrogen and oxygen atoms in total. The molecule has 5 aromatic rings. The predicted molar refractivity (Wildman–Crippen MR) is 218 cm³/mol. The van der Waals surface area contributed by atoms with Crippen LogP contribution in [0.1, 0.15) is 71.6 Å². The normalized spacial score (nSPS) is 20.5. The largest absolute Gasteiger partial charge is 0.445 e. The molecule has 0 radical (unpaired) electrons. The van der Waals surface area contributed by atoms with Gasteiger partial charge in [0.15, 0.2) is 6.29 Å². The average molecular weight is 784 g/mol. The van der Waals surface area contributed by atoms with Gasteiger partial charge in [0.1, 0.15) is 12.6 Å². The van der Waals surface area contributed by atoms with E-state index < -0.39 is 30.4 Å². The molecular formula is C47H49N3O8. The molecule has 6 atom stereocenters. The maximum Gasteiger partial charge on any atom is 0.408 e. The summed E-state index contributed by atoms with van der Waals surface area (Å²) in [6, 6.07) is 41.0. The summed E-state index contributed by atoms with van der Waals surface area (Å²) in [5.41, 5.74) is 6.81. The minimum atomic E-state index is -0.997. The average Bonchev–Trinajstić information content (AvgIpc) is 3.52. The van der Waals surface area contributed by atoms with E-state index in [1.54, 1.807) is 0 Å². The van der Waals surface area contributed by atoms with Gasteiger partial charge < -0.3 is 29.7 Å². The van der Waals surface area contributed by atoms with Crippen molar-refractivity contribution >= 4 is 17.9 Å².